The summed E-state index contributed by atoms with van der Waals surface area (Å²) in [7, 11) is -2.21. The molecule has 6 heteroatoms. The van der Waals surface area contributed by atoms with E-state index in [4.69, 9.17) is 18.7 Å². The van der Waals surface area contributed by atoms with Crippen molar-refractivity contribution in [3.8, 4) is 11.5 Å². The molecule has 5 nitrogen and oxygen atoms in total. The van der Waals surface area contributed by atoms with Crippen LogP contribution in [0.4, 0.5) is 0 Å². The number of benzene rings is 1. The Kier molecular flexibility index (Phi) is 9.49. The van der Waals surface area contributed by atoms with Gasteiger partial charge in [0, 0.05) is 19.8 Å². The summed E-state index contributed by atoms with van der Waals surface area (Å²) >= 11 is 0. The number of hydrogen-bond acceptors (Lipinski definition) is 4. The quantitative estimate of drug-likeness (QED) is 0.691. The maximum atomic E-state index is 10.3. The fourth-order valence-corrected chi connectivity index (χ4v) is 8.02. The molecule has 0 spiro atoms. The molecule has 1 saturated heterocycles. The van der Waals surface area contributed by atoms with Crippen LogP contribution in [0.25, 0.3) is 0 Å². The number of rotatable bonds is 7. The van der Waals surface area contributed by atoms with Gasteiger partial charge in [-0.25, -0.2) is 0 Å². The molecule has 1 N–H and O–H groups in total. The van der Waals surface area contributed by atoms with E-state index < -0.39 is 8.56 Å². The second-order valence-corrected chi connectivity index (χ2v) is 9.60. The maximum absolute atomic E-state index is 10.3. The van der Waals surface area contributed by atoms with Crippen LogP contribution in [0, 0.1) is 0 Å². The van der Waals surface area contributed by atoms with Crippen LogP contribution in [0.2, 0.25) is 6.04 Å². The zero-order valence-electron chi connectivity index (χ0n) is 16.0. The van der Waals surface area contributed by atoms with E-state index in [1.807, 2.05) is 0 Å². The smallest absolute Gasteiger partial charge is 0.371 e. The van der Waals surface area contributed by atoms with Gasteiger partial charge in [0.05, 0.1) is 0 Å². The van der Waals surface area contributed by atoms with Crippen molar-refractivity contribution in [3.05, 3.63) is 24.3 Å². The average molecular weight is 370 g/mol. The molecule has 25 heavy (non-hydrogen) atoms. The topological polar surface area (TPSA) is 67.8 Å². The van der Waals surface area contributed by atoms with Gasteiger partial charge in [-0.2, -0.15) is 0 Å². The highest BCUT2D eigenvalue weighted by molar-refractivity contribution is 6.70. The Morgan fingerprint density at radius 1 is 1.00 bits per heavy atom. The minimum Gasteiger partial charge on any atom is -0.508 e. The van der Waals surface area contributed by atoms with E-state index >= 15 is 0 Å². The van der Waals surface area contributed by atoms with Gasteiger partial charge in [0.25, 0.3) is 0 Å². The molecule has 1 aliphatic heterocycles. The summed E-state index contributed by atoms with van der Waals surface area (Å²) in [6.07, 6.45) is 4.57. The van der Waals surface area contributed by atoms with Crippen LogP contribution < -0.4 is 0 Å². The van der Waals surface area contributed by atoms with E-state index in [-0.39, 0.29) is 16.7 Å². The van der Waals surface area contributed by atoms with Crippen molar-refractivity contribution in [2.75, 3.05) is 19.8 Å². The van der Waals surface area contributed by atoms with E-state index in [0.717, 1.165) is 38.7 Å². The van der Waals surface area contributed by atoms with Crippen LogP contribution in [0.1, 0.15) is 53.4 Å². The van der Waals surface area contributed by atoms with Crippen molar-refractivity contribution in [1.29, 1.82) is 0 Å². The molecule has 1 aliphatic rings. The van der Waals surface area contributed by atoms with Gasteiger partial charge in [0.1, 0.15) is 11.0 Å². The van der Waals surface area contributed by atoms with Crippen LogP contribution in [0.3, 0.4) is 0 Å². The lowest BCUT2D eigenvalue weighted by Gasteiger charge is -2.49. The summed E-state index contributed by atoms with van der Waals surface area (Å²) in [5.74, 6) is 0.0485. The average Bonchev–Trinajstić information content (AvgIpc) is 2.61. The fourth-order valence-electron chi connectivity index (χ4n) is 3.55. The monoisotopic (exact) mass is 369 g/mol. The van der Waals surface area contributed by atoms with Crippen molar-refractivity contribution in [2.45, 2.75) is 64.6 Å². The minimum absolute atomic E-state index is 0.0807. The fraction of sp³-hybridized carbons (Fsp3) is 0.684. The molecule has 2 rings (SSSR count). The molecule has 0 amide bonds. The molecule has 1 aromatic rings. The van der Waals surface area contributed by atoms with Crippen LogP contribution in [0.15, 0.2) is 24.3 Å². The Bertz CT molecular complexity index is 443. The molecule has 1 radical (unpaired) electrons. The molecule has 1 fully saturated rings. The first kappa shape index (κ1) is 22.0. The largest absolute Gasteiger partial charge is 0.508 e. The van der Waals surface area contributed by atoms with Crippen molar-refractivity contribution in [1.82, 2.24) is 0 Å². The molecule has 1 unspecified atom stereocenters. The molecule has 1 aromatic carbocycles. The first-order chi connectivity index (χ1) is 12.0. The highest BCUT2D eigenvalue weighted by atomic mass is 28.4. The van der Waals surface area contributed by atoms with Gasteiger partial charge in [-0.05, 0) is 63.9 Å². The van der Waals surface area contributed by atoms with E-state index in [1.165, 1.54) is 37.1 Å². The standard InChI is InChI=1S/C13H28O3Si.C6H5O2/c1-5-13(14-6-2)11-9-10-12-17(13,15-7-3)16-8-4;7-5-1-2-6(8)4-3-5/h5-12H2,1-4H3;1-4,7H. The maximum Gasteiger partial charge on any atom is 0.371 e. The summed E-state index contributed by atoms with van der Waals surface area (Å²) in [6, 6.07) is 6.44. The summed E-state index contributed by atoms with van der Waals surface area (Å²) in [4.78, 5) is 0. The van der Waals surface area contributed by atoms with E-state index in [2.05, 4.69) is 27.7 Å². The van der Waals surface area contributed by atoms with Crippen molar-refractivity contribution < 1.29 is 23.8 Å². The Balaban J connectivity index is 0.000000324. The molecule has 1 atom stereocenters. The predicted molar refractivity (Wildman–Crippen MR) is 101 cm³/mol. The SMILES string of the molecule is CCOC1(CC)CCCC[Si]1(OCC)OCC.[O]c1ccc(O)cc1. The molecular weight excluding hydrogens is 336 g/mol. The van der Waals surface area contributed by atoms with Gasteiger partial charge in [-0.1, -0.05) is 19.8 Å². The minimum atomic E-state index is -2.21. The lowest BCUT2D eigenvalue weighted by molar-refractivity contribution is -0.0426. The van der Waals surface area contributed by atoms with Crippen molar-refractivity contribution in [3.63, 3.8) is 0 Å². The highest BCUT2D eigenvalue weighted by Crippen LogP contribution is 2.42. The van der Waals surface area contributed by atoms with E-state index in [0.29, 0.717) is 0 Å². The van der Waals surface area contributed by atoms with Crippen LogP contribution >= 0.6 is 0 Å². The number of aromatic hydroxyl groups is 1. The van der Waals surface area contributed by atoms with E-state index in [1.54, 1.807) is 0 Å². The summed E-state index contributed by atoms with van der Waals surface area (Å²) < 4.78 is 18.5. The zero-order chi connectivity index (χ0) is 18.8. The Morgan fingerprint density at radius 3 is 2.04 bits per heavy atom. The second-order valence-electron chi connectivity index (χ2n) is 6.10. The highest BCUT2D eigenvalue weighted by Gasteiger charge is 2.58. The molecule has 1 heterocycles. The number of ether oxygens (including phenoxy) is 1. The van der Waals surface area contributed by atoms with Crippen molar-refractivity contribution >= 4 is 8.56 Å². The lowest BCUT2D eigenvalue weighted by Crippen LogP contribution is -2.65. The Hall–Kier alpha value is -1.08. The predicted octanol–water partition coefficient (Wildman–Crippen LogP) is 4.95. The van der Waals surface area contributed by atoms with Gasteiger partial charge in [-0.3, -0.25) is 5.11 Å². The molecule has 143 valence electrons. The van der Waals surface area contributed by atoms with Crippen LogP contribution in [0.5, 0.6) is 11.5 Å². The second kappa shape index (κ2) is 10.8. The summed E-state index contributed by atoms with van der Waals surface area (Å²) in [5, 5.41) is 18.8. The third kappa shape index (κ3) is 5.71. The Morgan fingerprint density at radius 2 is 1.60 bits per heavy atom. The zero-order valence-corrected chi connectivity index (χ0v) is 17.0. The number of phenols is 1. The molecular formula is C19H33O5Si. The summed E-state index contributed by atoms with van der Waals surface area (Å²) in [5.41, 5.74) is 0. The number of hydrogen-bond donors (Lipinski definition) is 1. The third-order valence-electron chi connectivity index (χ3n) is 4.61. The normalized spacial score (nSPS) is 22.1. The van der Waals surface area contributed by atoms with Gasteiger partial charge in [0.2, 0.25) is 0 Å². The van der Waals surface area contributed by atoms with Crippen LogP contribution in [-0.4, -0.2) is 38.7 Å². The van der Waals surface area contributed by atoms with Gasteiger partial charge in [0.15, 0.2) is 5.75 Å². The van der Waals surface area contributed by atoms with Gasteiger partial charge < -0.3 is 18.7 Å². The van der Waals surface area contributed by atoms with Gasteiger partial charge in [-0.15, -0.1) is 0 Å². The first-order valence-corrected chi connectivity index (χ1v) is 11.4. The Labute approximate surface area is 153 Å². The molecule has 0 saturated carbocycles. The number of phenolic OH excluding ortho intramolecular Hbond substituents is 1. The molecule has 0 bridgehead atoms. The van der Waals surface area contributed by atoms with E-state index in [9.17, 15) is 5.11 Å². The van der Waals surface area contributed by atoms with Gasteiger partial charge >= 0.3 is 8.56 Å². The lowest BCUT2D eigenvalue weighted by atomic mass is 10.1. The van der Waals surface area contributed by atoms with Crippen molar-refractivity contribution in [2.24, 2.45) is 0 Å². The summed E-state index contributed by atoms with van der Waals surface area (Å²) in [6.45, 7) is 10.6. The molecule has 0 aromatic heterocycles. The van der Waals surface area contributed by atoms with Crippen LogP contribution in [-0.2, 0) is 18.7 Å². The third-order valence-corrected chi connectivity index (χ3v) is 9.27. The molecule has 0 aliphatic carbocycles. The first-order valence-electron chi connectivity index (χ1n) is 9.37.